The molecule has 0 aromatic rings. The molecule has 0 atom stereocenters. The van der Waals surface area contributed by atoms with E-state index in [0.717, 1.165) is 38.5 Å². The molecule has 0 amide bonds. The topological polar surface area (TPSA) is 37.3 Å². The Kier molecular flexibility index (Phi) is 12.4. The van der Waals surface area contributed by atoms with Crippen LogP contribution < -0.4 is 0 Å². The molecule has 1 N–H and O–H groups in total. The maximum absolute atomic E-state index is 11.4. The number of unbranched alkanes of at least 4 members (excludes halogenated alkanes) is 7. The zero-order valence-corrected chi connectivity index (χ0v) is 10.8. The van der Waals surface area contributed by atoms with Gasteiger partial charge in [0.1, 0.15) is 5.78 Å². The summed E-state index contributed by atoms with van der Waals surface area (Å²) in [6.07, 6.45) is 11.8. The number of aliphatic hydroxyl groups excluding tert-OH is 1. The Labute approximate surface area is 100 Å². The second-order valence-corrected chi connectivity index (χ2v) is 4.59. The third kappa shape index (κ3) is 11.7. The molecule has 16 heavy (non-hydrogen) atoms. The summed E-state index contributed by atoms with van der Waals surface area (Å²) in [5.41, 5.74) is 0. The van der Waals surface area contributed by atoms with Crippen molar-refractivity contribution in [2.75, 3.05) is 6.61 Å². The predicted octanol–water partition coefficient (Wildman–Crippen LogP) is 3.86. The lowest BCUT2D eigenvalue weighted by molar-refractivity contribution is -0.119. The van der Waals surface area contributed by atoms with Crippen molar-refractivity contribution in [3.8, 4) is 0 Å². The van der Waals surface area contributed by atoms with E-state index in [0.29, 0.717) is 5.78 Å². The van der Waals surface area contributed by atoms with Crippen molar-refractivity contribution in [2.24, 2.45) is 0 Å². The minimum Gasteiger partial charge on any atom is -0.396 e. The first-order chi connectivity index (χ1) is 7.81. The molecule has 0 unspecified atom stereocenters. The number of carbonyl (C=O) groups is 1. The van der Waals surface area contributed by atoms with Crippen molar-refractivity contribution in [3.05, 3.63) is 0 Å². The lowest BCUT2D eigenvalue weighted by Crippen LogP contribution is -1.98. The number of hydrogen-bond donors (Lipinski definition) is 1. The van der Waals surface area contributed by atoms with Crippen LogP contribution in [0.3, 0.4) is 0 Å². The van der Waals surface area contributed by atoms with Crippen LogP contribution >= 0.6 is 0 Å². The van der Waals surface area contributed by atoms with Gasteiger partial charge >= 0.3 is 0 Å². The van der Waals surface area contributed by atoms with Crippen LogP contribution in [0.5, 0.6) is 0 Å². The molecule has 0 aliphatic carbocycles. The summed E-state index contributed by atoms with van der Waals surface area (Å²) in [7, 11) is 0. The van der Waals surface area contributed by atoms with E-state index in [1.165, 1.54) is 32.1 Å². The van der Waals surface area contributed by atoms with Gasteiger partial charge in [-0.25, -0.2) is 0 Å². The van der Waals surface area contributed by atoms with E-state index in [4.69, 9.17) is 5.11 Å². The molecule has 0 spiro atoms. The van der Waals surface area contributed by atoms with E-state index in [1.54, 1.807) is 0 Å². The van der Waals surface area contributed by atoms with Crippen molar-refractivity contribution >= 4 is 5.78 Å². The summed E-state index contributed by atoms with van der Waals surface area (Å²) < 4.78 is 0. The van der Waals surface area contributed by atoms with Gasteiger partial charge in [0.2, 0.25) is 0 Å². The van der Waals surface area contributed by atoms with Gasteiger partial charge in [-0.05, 0) is 19.3 Å². The third-order valence-corrected chi connectivity index (χ3v) is 2.92. The van der Waals surface area contributed by atoms with Gasteiger partial charge in [0.05, 0.1) is 0 Å². The molecule has 96 valence electrons. The Morgan fingerprint density at radius 1 is 0.812 bits per heavy atom. The van der Waals surface area contributed by atoms with E-state index in [1.807, 2.05) is 0 Å². The molecular formula is C14H28O2. The van der Waals surface area contributed by atoms with Crippen LogP contribution in [-0.2, 0) is 4.79 Å². The highest BCUT2D eigenvalue weighted by molar-refractivity contribution is 5.78. The first-order valence-electron chi connectivity index (χ1n) is 6.93. The first-order valence-corrected chi connectivity index (χ1v) is 6.93. The smallest absolute Gasteiger partial charge is 0.132 e. The Morgan fingerprint density at radius 2 is 1.31 bits per heavy atom. The van der Waals surface area contributed by atoms with Crippen LogP contribution in [0.1, 0.15) is 77.6 Å². The van der Waals surface area contributed by atoms with E-state index < -0.39 is 0 Å². The van der Waals surface area contributed by atoms with Crippen LogP contribution in [-0.4, -0.2) is 17.5 Å². The molecule has 2 heteroatoms. The van der Waals surface area contributed by atoms with Crippen LogP contribution in [0.4, 0.5) is 0 Å². The molecule has 0 heterocycles. The third-order valence-electron chi connectivity index (χ3n) is 2.92. The van der Waals surface area contributed by atoms with Gasteiger partial charge in [-0.3, -0.25) is 4.79 Å². The molecule has 0 aromatic carbocycles. The monoisotopic (exact) mass is 228 g/mol. The van der Waals surface area contributed by atoms with Crippen molar-refractivity contribution in [1.82, 2.24) is 0 Å². The van der Waals surface area contributed by atoms with E-state index in [-0.39, 0.29) is 6.61 Å². The number of hydrogen-bond acceptors (Lipinski definition) is 2. The van der Waals surface area contributed by atoms with Crippen molar-refractivity contribution in [1.29, 1.82) is 0 Å². The van der Waals surface area contributed by atoms with Crippen molar-refractivity contribution < 1.29 is 9.90 Å². The fourth-order valence-corrected chi connectivity index (χ4v) is 1.84. The number of aliphatic hydroxyl groups is 1. The first kappa shape index (κ1) is 15.6. The quantitative estimate of drug-likeness (QED) is 0.515. The highest BCUT2D eigenvalue weighted by atomic mass is 16.2. The van der Waals surface area contributed by atoms with Crippen LogP contribution in [0, 0.1) is 0 Å². The average molecular weight is 228 g/mol. The number of ketones is 1. The molecule has 0 aliphatic rings. The summed E-state index contributed by atoms with van der Waals surface area (Å²) >= 11 is 0. The van der Waals surface area contributed by atoms with Crippen molar-refractivity contribution in [2.45, 2.75) is 77.6 Å². The second-order valence-electron chi connectivity index (χ2n) is 4.59. The highest BCUT2D eigenvalue weighted by Crippen LogP contribution is 2.09. The van der Waals surface area contributed by atoms with Crippen LogP contribution in [0.15, 0.2) is 0 Å². The maximum atomic E-state index is 11.4. The molecule has 0 fully saturated rings. The Hall–Kier alpha value is -0.370. The molecule has 2 nitrogen and oxygen atoms in total. The molecule has 0 rings (SSSR count). The normalized spacial score (nSPS) is 10.6. The standard InChI is InChI=1S/C14H28O2/c1-2-3-4-5-6-8-11-14(16)12-9-7-10-13-15/h15H,2-13H2,1H3. The van der Waals surface area contributed by atoms with Gasteiger partial charge in [0.15, 0.2) is 0 Å². The van der Waals surface area contributed by atoms with E-state index in [9.17, 15) is 4.79 Å². The van der Waals surface area contributed by atoms with Gasteiger partial charge in [-0.15, -0.1) is 0 Å². The summed E-state index contributed by atoms with van der Waals surface area (Å²) in [6, 6.07) is 0. The number of rotatable bonds is 12. The summed E-state index contributed by atoms with van der Waals surface area (Å²) in [5.74, 6) is 0.411. The van der Waals surface area contributed by atoms with E-state index in [2.05, 4.69) is 6.92 Å². The van der Waals surface area contributed by atoms with Crippen LogP contribution in [0.25, 0.3) is 0 Å². The minimum atomic E-state index is 0.256. The molecule has 0 saturated carbocycles. The number of Topliss-reactive ketones (excluding diaryl/α,β-unsaturated/α-hetero) is 1. The molecule has 0 saturated heterocycles. The van der Waals surface area contributed by atoms with Gasteiger partial charge in [-0.2, -0.15) is 0 Å². The van der Waals surface area contributed by atoms with Gasteiger partial charge in [0.25, 0.3) is 0 Å². The second kappa shape index (κ2) is 12.7. The summed E-state index contributed by atoms with van der Waals surface area (Å²) in [4.78, 5) is 11.4. The average Bonchev–Trinajstić information content (AvgIpc) is 2.29. The van der Waals surface area contributed by atoms with Gasteiger partial charge in [-0.1, -0.05) is 45.4 Å². The van der Waals surface area contributed by atoms with Crippen molar-refractivity contribution in [3.63, 3.8) is 0 Å². The largest absolute Gasteiger partial charge is 0.396 e. The van der Waals surface area contributed by atoms with Gasteiger partial charge < -0.3 is 5.11 Å². The summed E-state index contributed by atoms with van der Waals surface area (Å²) in [6.45, 7) is 2.47. The van der Waals surface area contributed by atoms with Crippen LogP contribution in [0.2, 0.25) is 0 Å². The zero-order chi connectivity index (χ0) is 12.1. The lowest BCUT2D eigenvalue weighted by Gasteiger charge is -2.01. The summed E-state index contributed by atoms with van der Waals surface area (Å²) in [5, 5.41) is 8.59. The Bertz CT molecular complexity index is 155. The minimum absolute atomic E-state index is 0.256. The molecule has 0 aliphatic heterocycles. The van der Waals surface area contributed by atoms with Gasteiger partial charge in [0, 0.05) is 19.4 Å². The predicted molar refractivity (Wildman–Crippen MR) is 68.6 cm³/mol. The molecular weight excluding hydrogens is 200 g/mol. The number of carbonyl (C=O) groups excluding carboxylic acids is 1. The molecule has 0 radical (unpaired) electrons. The Balaban J connectivity index is 3.11. The maximum Gasteiger partial charge on any atom is 0.132 e. The lowest BCUT2D eigenvalue weighted by atomic mass is 10.0. The SMILES string of the molecule is CCCCCCCCC(=O)CCCCCO. The Morgan fingerprint density at radius 3 is 1.88 bits per heavy atom. The highest BCUT2D eigenvalue weighted by Gasteiger charge is 2.01. The zero-order valence-electron chi connectivity index (χ0n) is 10.8. The fourth-order valence-electron chi connectivity index (χ4n) is 1.84. The molecule has 0 aromatic heterocycles. The fraction of sp³-hybridized carbons (Fsp3) is 0.929. The van der Waals surface area contributed by atoms with E-state index >= 15 is 0 Å². The molecule has 0 bridgehead atoms.